The van der Waals surface area contributed by atoms with E-state index in [0.717, 1.165) is 6.07 Å². The van der Waals surface area contributed by atoms with Crippen LogP contribution in [0.15, 0.2) is 18.2 Å². The molecule has 0 aromatic heterocycles. The number of ether oxygens (including phenoxy) is 1. The summed E-state index contributed by atoms with van der Waals surface area (Å²) in [4.78, 5) is 35.8. The second-order valence-electron chi connectivity index (χ2n) is 5.31. The van der Waals surface area contributed by atoms with Crippen molar-refractivity contribution in [2.45, 2.75) is 13.0 Å². The molecule has 2 rings (SSSR count). The quantitative estimate of drug-likeness (QED) is 0.664. The smallest absolute Gasteiger partial charge is 0.317 e. The number of urea groups is 1. The van der Waals surface area contributed by atoms with E-state index < -0.39 is 24.1 Å². The zero-order chi connectivity index (χ0) is 19.1. The minimum Gasteiger partial charge on any atom is -0.378 e. The number of carbonyl (C=O) groups is 3. The summed E-state index contributed by atoms with van der Waals surface area (Å²) in [5.41, 5.74) is 3.21. The third kappa shape index (κ3) is 5.34. The number of alkyl halides is 2. The molecular weight excluding hydrogens is 357 g/mol. The Hall–Kier alpha value is -2.82. The highest BCUT2D eigenvalue weighted by Gasteiger charge is 2.18. The van der Waals surface area contributed by atoms with Gasteiger partial charge in [0.15, 0.2) is 0 Å². The maximum Gasteiger partial charge on any atom is 0.317 e. The number of carbonyl (C=O) groups excluding carboxylic acids is 3. The molecule has 0 bridgehead atoms. The van der Waals surface area contributed by atoms with Gasteiger partial charge in [-0.15, -0.1) is 0 Å². The molecule has 0 unspecified atom stereocenters. The summed E-state index contributed by atoms with van der Waals surface area (Å²) in [5.74, 6) is -3.40. The Bertz CT molecular complexity index is 681. The lowest BCUT2D eigenvalue weighted by molar-refractivity contribution is -0.132. The van der Waals surface area contributed by atoms with E-state index in [-0.39, 0.29) is 23.7 Å². The number of hydrogen-bond donors (Lipinski definition) is 3. The molecule has 1 aliphatic rings. The van der Waals surface area contributed by atoms with Crippen molar-refractivity contribution in [2.75, 3.05) is 26.3 Å². The van der Waals surface area contributed by atoms with Gasteiger partial charge in [-0.2, -0.15) is 8.78 Å². The standard InChI is InChI=1S/C15H17F3N4O4/c16-11-7-9(13(23)20-21-14(24)12(17)18)1-2-10(11)8-19-15(25)22-3-5-26-6-4-22/h1-2,7,12H,3-6,8H2,(H,19,25)(H,20,23)(H,21,24). The number of hydrazine groups is 1. The molecular formula is C15H17F3N4O4. The lowest BCUT2D eigenvalue weighted by atomic mass is 10.1. The van der Waals surface area contributed by atoms with Gasteiger partial charge in [0.2, 0.25) is 0 Å². The van der Waals surface area contributed by atoms with Crippen molar-refractivity contribution >= 4 is 17.8 Å². The highest BCUT2D eigenvalue weighted by molar-refractivity contribution is 5.95. The van der Waals surface area contributed by atoms with E-state index in [9.17, 15) is 27.6 Å². The van der Waals surface area contributed by atoms with E-state index in [1.807, 2.05) is 0 Å². The summed E-state index contributed by atoms with van der Waals surface area (Å²) < 4.78 is 43.2. The summed E-state index contributed by atoms with van der Waals surface area (Å²) in [6, 6.07) is 3.03. The topological polar surface area (TPSA) is 99.8 Å². The molecule has 4 amide bonds. The number of halogens is 3. The van der Waals surface area contributed by atoms with Gasteiger partial charge in [-0.3, -0.25) is 20.4 Å². The zero-order valence-corrected chi connectivity index (χ0v) is 13.6. The summed E-state index contributed by atoms with van der Waals surface area (Å²) >= 11 is 0. The number of benzene rings is 1. The molecule has 3 N–H and O–H groups in total. The molecule has 0 spiro atoms. The lowest BCUT2D eigenvalue weighted by Gasteiger charge is -2.27. The molecule has 142 valence electrons. The average molecular weight is 374 g/mol. The SMILES string of the molecule is O=C(NNC(=O)C(F)F)c1ccc(CNC(=O)N2CCOCC2)c(F)c1. The maximum atomic E-state index is 14.1. The van der Waals surface area contributed by atoms with Crippen molar-refractivity contribution < 1.29 is 32.3 Å². The first kappa shape index (κ1) is 19.5. The van der Waals surface area contributed by atoms with Crippen LogP contribution in [0.25, 0.3) is 0 Å². The van der Waals surface area contributed by atoms with E-state index in [2.05, 4.69) is 5.32 Å². The normalized spacial score (nSPS) is 14.1. The molecule has 11 heteroatoms. The number of nitrogens with zero attached hydrogens (tertiary/aromatic N) is 1. The Morgan fingerprint density at radius 3 is 2.46 bits per heavy atom. The number of hydrogen-bond acceptors (Lipinski definition) is 4. The Morgan fingerprint density at radius 1 is 1.15 bits per heavy atom. The molecule has 0 atom stereocenters. The predicted molar refractivity (Wildman–Crippen MR) is 82.6 cm³/mol. The minimum absolute atomic E-state index is 0.0912. The van der Waals surface area contributed by atoms with Gasteiger partial charge in [0.05, 0.1) is 13.2 Å². The molecule has 1 aromatic rings. The Kier molecular flexibility index (Phi) is 6.78. The third-order valence-corrected chi connectivity index (χ3v) is 3.54. The van der Waals surface area contributed by atoms with Crippen molar-refractivity contribution in [1.29, 1.82) is 0 Å². The average Bonchev–Trinajstić information content (AvgIpc) is 2.65. The summed E-state index contributed by atoms with van der Waals surface area (Å²) in [6.07, 6.45) is -3.29. The van der Waals surface area contributed by atoms with Gasteiger partial charge in [-0.1, -0.05) is 6.07 Å². The summed E-state index contributed by atoms with van der Waals surface area (Å²) in [7, 11) is 0. The van der Waals surface area contributed by atoms with Gasteiger partial charge >= 0.3 is 18.4 Å². The van der Waals surface area contributed by atoms with E-state index in [1.165, 1.54) is 22.5 Å². The fourth-order valence-electron chi connectivity index (χ4n) is 2.13. The summed E-state index contributed by atoms with van der Waals surface area (Å²) in [5, 5.41) is 2.56. The zero-order valence-electron chi connectivity index (χ0n) is 13.6. The Labute approximate surface area is 146 Å². The second kappa shape index (κ2) is 9.04. The number of morpholine rings is 1. The van der Waals surface area contributed by atoms with Crippen LogP contribution in [-0.2, 0) is 16.1 Å². The molecule has 0 aliphatic carbocycles. The van der Waals surface area contributed by atoms with Crippen LogP contribution in [-0.4, -0.2) is 55.5 Å². The minimum atomic E-state index is -3.29. The third-order valence-electron chi connectivity index (χ3n) is 3.54. The van der Waals surface area contributed by atoms with Gasteiger partial charge < -0.3 is 15.0 Å². The molecule has 8 nitrogen and oxygen atoms in total. The second-order valence-corrected chi connectivity index (χ2v) is 5.31. The molecule has 1 aromatic carbocycles. The van der Waals surface area contributed by atoms with Gasteiger partial charge in [0, 0.05) is 30.8 Å². The van der Waals surface area contributed by atoms with Crippen LogP contribution in [0.3, 0.4) is 0 Å². The predicted octanol–water partition coefficient (Wildman–Crippen LogP) is 0.394. The molecule has 0 saturated carbocycles. The first-order valence-corrected chi connectivity index (χ1v) is 7.66. The van der Waals surface area contributed by atoms with Gasteiger partial charge in [0.25, 0.3) is 5.91 Å². The molecule has 1 saturated heterocycles. The van der Waals surface area contributed by atoms with Crippen molar-refractivity contribution in [3.05, 3.63) is 35.1 Å². The molecule has 1 heterocycles. The van der Waals surface area contributed by atoms with Crippen LogP contribution in [0.5, 0.6) is 0 Å². The van der Waals surface area contributed by atoms with Crippen molar-refractivity contribution in [3.63, 3.8) is 0 Å². The maximum absolute atomic E-state index is 14.1. The van der Waals surface area contributed by atoms with E-state index in [0.29, 0.717) is 26.3 Å². The number of nitrogens with one attached hydrogen (secondary N) is 3. The van der Waals surface area contributed by atoms with Crippen molar-refractivity contribution in [3.8, 4) is 0 Å². The highest BCUT2D eigenvalue weighted by Crippen LogP contribution is 2.11. The molecule has 1 fully saturated rings. The van der Waals surface area contributed by atoms with Gasteiger partial charge in [0.1, 0.15) is 5.82 Å². The van der Waals surface area contributed by atoms with Crippen LogP contribution in [0.4, 0.5) is 18.0 Å². The van der Waals surface area contributed by atoms with Crippen molar-refractivity contribution in [2.24, 2.45) is 0 Å². The number of rotatable bonds is 4. The summed E-state index contributed by atoms with van der Waals surface area (Å²) in [6.45, 7) is 1.67. The largest absolute Gasteiger partial charge is 0.378 e. The fourth-order valence-corrected chi connectivity index (χ4v) is 2.13. The monoisotopic (exact) mass is 374 g/mol. The van der Waals surface area contributed by atoms with Crippen molar-refractivity contribution in [1.82, 2.24) is 21.1 Å². The molecule has 26 heavy (non-hydrogen) atoms. The van der Waals surface area contributed by atoms with E-state index >= 15 is 0 Å². The van der Waals surface area contributed by atoms with E-state index in [1.54, 1.807) is 5.43 Å². The van der Waals surface area contributed by atoms with E-state index in [4.69, 9.17) is 4.74 Å². The lowest BCUT2D eigenvalue weighted by Crippen LogP contribution is -2.46. The van der Waals surface area contributed by atoms with Crippen LogP contribution in [0.2, 0.25) is 0 Å². The van der Waals surface area contributed by atoms with Gasteiger partial charge in [-0.25, -0.2) is 9.18 Å². The van der Waals surface area contributed by atoms with Crippen LogP contribution in [0, 0.1) is 5.82 Å². The fraction of sp³-hybridized carbons (Fsp3) is 0.400. The Morgan fingerprint density at radius 2 is 1.85 bits per heavy atom. The van der Waals surface area contributed by atoms with Crippen LogP contribution < -0.4 is 16.2 Å². The van der Waals surface area contributed by atoms with Crippen LogP contribution >= 0.6 is 0 Å². The van der Waals surface area contributed by atoms with Crippen LogP contribution in [0.1, 0.15) is 15.9 Å². The number of amides is 4. The molecule has 1 aliphatic heterocycles. The Balaban J connectivity index is 1.88. The first-order valence-electron chi connectivity index (χ1n) is 7.66. The molecule has 0 radical (unpaired) electrons. The first-order chi connectivity index (χ1) is 12.4. The van der Waals surface area contributed by atoms with Gasteiger partial charge in [-0.05, 0) is 12.1 Å². The highest BCUT2D eigenvalue weighted by atomic mass is 19.3.